The van der Waals surface area contributed by atoms with E-state index in [0.717, 1.165) is 19.3 Å². The third kappa shape index (κ3) is 3.65. The maximum Gasteiger partial charge on any atom is 0.244 e. The number of nitrogens with zero attached hydrogens (tertiary/aromatic N) is 1. The quantitative estimate of drug-likeness (QED) is 0.841. The van der Waals surface area contributed by atoms with Crippen molar-refractivity contribution in [1.82, 2.24) is 9.71 Å². The summed E-state index contributed by atoms with van der Waals surface area (Å²) in [7, 11) is -3.51. The van der Waals surface area contributed by atoms with Gasteiger partial charge < -0.3 is 5.32 Å². The van der Waals surface area contributed by atoms with Gasteiger partial charge in [0.15, 0.2) is 0 Å². The Morgan fingerprint density at radius 1 is 1.45 bits per heavy atom. The van der Waals surface area contributed by atoms with E-state index in [1.165, 1.54) is 0 Å². The highest BCUT2D eigenvalue weighted by Gasteiger charge is 2.29. The van der Waals surface area contributed by atoms with Crippen LogP contribution in [0.5, 0.6) is 0 Å². The number of nitrogens with one attached hydrogen (secondary N) is 2. The Morgan fingerprint density at radius 3 is 2.90 bits per heavy atom. The molecule has 0 radical (unpaired) electrons. The van der Waals surface area contributed by atoms with Crippen LogP contribution in [0.25, 0.3) is 0 Å². The molecule has 5 nitrogen and oxygen atoms in total. The van der Waals surface area contributed by atoms with Crippen molar-refractivity contribution in [3.63, 3.8) is 0 Å². The summed E-state index contributed by atoms with van der Waals surface area (Å²) in [5, 5.41) is 3.55. The van der Waals surface area contributed by atoms with Crippen molar-refractivity contribution in [1.29, 1.82) is 0 Å². The van der Waals surface area contributed by atoms with Crippen molar-refractivity contribution in [2.45, 2.75) is 42.4 Å². The summed E-state index contributed by atoms with van der Waals surface area (Å²) >= 11 is 1.81. The van der Waals surface area contributed by atoms with E-state index in [-0.39, 0.29) is 10.9 Å². The summed E-state index contributed by atoms with van der Waals surface area (Å²) in [4.78, 5) is 4.34. The normalized spacial score (nSPS) is 22.9. The Kier molecular flexibility index (Phi) is 5.29. The van der Waals surface area contributed by atoms with Crippen LogP contribution >= 0.6 is 11.8 Å². The number of rotatable bonds is 6. The van der Waals surface area contributed by atoms with Gasteiger partial charge in [0.1, 0.15) is 10.7 Å². The molecule has 7 heteroatoms. The average molecular weight is 315 g/mol. The van der Waals surface area contributed by atoms with E-state index >= 15 is 0 Å². The van der Waals surface area contributed by atoms with Crippen molar-refractivity contribution in [2.75, 3.05) is 18.1 Å². The second-order valence-corrected chi connectivity index (χ2v) is 7.69. The predicted molar refractivity (Wildman–Crippen MR) is 83.7 cm³/mol. The summed E-state index contributed by atoms with van der Waals surface area (Å²) in [6, 6.07) is 3.27. The van der Waals surface area contributed by atoms with Gasteiger partial charge in [0, 0.05) is 24.0 Å². The minimum Gasteiger partial charge on any atom is -0.369 e. The number of hydrogen-bond acceptors (Lipinski definition) is 5. The Bertz CT molecular complexity index is 548. The third-order valence-electron chi connectivity index (χ3n) is 3.44. The SMILES string of the molecule is CCNc1ncccc1S(=O)(=O)NC1CCC(SC)C1. The van der Waals surface area contributed by atoms with Gasteiger partial charge in [0.2, 0.25) is 10.0 Å². The fraction of sp³-hybridized carbons (Fsp3) is 0.615. The molecule has 0 amide bonds. The molecular weight excluding hydrogens is 294 g/mol. The van der Waals surface area contributed by atoms with Gasteiger partial charge in [-0.25, -0.2) is 18.1 Å². The summed E-state index contributed by atoms with van der Waals surface area (Å²) in [6.07, 6.45) is 6.54. The summed E-state index contributed by atoms with van der Waals surface area (Å²) < 4.78 is 27.8. The van der Waals surface area contributed by atoms with Gasteiger partial charge in [-0.05, 0) is 44.6 Å². The largest absolute Gasteiger partial charge is 0.369 e. The van der Waals surface area contributed by atoms with Gasteiger partial charge in [-0.3, -0.25) is 0 Å². The van der Waals surface area contributed by atoms with Crippen LogP contribution in [-0.2, 0) is 10.0 Å². The van der Waals surface area contributed by atoms with E-state index < -0.39 is 10.0 Å². The monoisotopic (exact) mass is 315 g/mol. The Morgan fingerprint density at radius 2 is 2.25 bits per heavy atom. The average Bonchev–Trinajstić information content (AvgIpc) is 2.86. The molecule has 112 valence electrons. The van der Waals surface area contributed by atoms with E-state index in [4.69, 9.17) is 0 Å². The fourth-order valence-corrected chi connectivity index (χ4v) is 4.67. The first kappa shape index (κ1) is 15.6. The smallest absolute Gasteiger partial charge is 0.244 e. The third-order valence-corrected chi connectivity index (χ3v) is 6.09. The van der Waals surface area contributed by atoms with Crippen molar-refractivity contribution in [2.24, 2.45) is 0 Å². The topological polar surface area (TPSA) is 71.1 Å². The van der Waals surface area contributed by atoms with Crippen molar-refractivity contribution in [3.05, 3.63) is 18.3 Å². The van der Waals surface area contributed by atoms with Crippen LogP contribution in [-0.4, -0.2) is 37.5 Å². The number of hydrogen-bond donors (Lipinski definition) is 2. The van der Waals surface area contributed by atoms with Crippen LogP contribution < -0.4 is 10.0 Å². The first-order valence-electron chi connectivity index (χ1n) is 6.81. The van der Waals surface area contributed by atoms with Crippen LogP contribution in [0.15, 0.2) is 23.2 Å². The lowest BCUT2D eigenvalue weighted by Crippen LogP contribution is -2.33. The van der Waals surface area contributed by atoms with Gasteiger partial charge in [0.25, 0.3) is 0 Å². The zero-order valence-corrected chi connectivity index (χ0v) is 13.4. The molecule has 2 N–H and O–H groups in total. The summed E-state index contributed by atoms with van der Waals surface area (Å²) in [5.74, 6) is 0.418. The molecule has 20 heavy (non-hydrogen) atoms. The molecule has 1 heterocycles. The van der Waals surface area contributed by atoms with Crippen LogP contribution in [0, 0.1) is 0 Å². The van der Waals surface area contributed by atoms with E-state index in [0.29, 0.717) is 17.6 Å². The molecule has 2 rings (SSSR count). The van der Waals surface area contributed by atoms with E-state index in [9.17, 15) is 8.42 Å². The highest BCUT2D eigenvalue weighted by atomic mass is 32.2. The molecule has 2 atom stereocenters. The maximum atomic E-state index is 12.5. The van der Waals surface area contributed by atoms with E-state index in [1.54, 1.807) is 18.3 Å². The Hall–Kier alpha value is -0.790. The van der Waals surface area contributed by atoms with Crippen LogP contribution in [0.2, 0.25) is 0 Å². The Balaban J connectivity index is 2.14. The molecule has 0 aromatic carbocycles. The molecule has 1 aromatic heterocycles. The lowest BCUT2D eigenvalue weighted by molar-refractivity contribution is 0.552. The molecule has 0 saturated heterocycles. The molecule has 2 unspecified atom stereocenters. The fourth-order valence-electron chi connectivity index (χ4n) is 2.45. The van der Waals surface area contributed by atoms with Gasteiger partial charge in [-0.15, -0.1) is 0 Å². The summed E-state index contributed by atoms with van der Waals surface area (Å²) in [5.41, 5.74) is 0. The van der Waals surface area contributed by atoms with E-state index in [2.05, 4.69) is 21.3 Å². The Labute approximate surface area is 125 Å². The number of anilines is 1. The first-order chi connectivity index (χ1) is 9.56. The van der Waals surface area contributed by atoms with Crippen molar-refractivity contribution in [3.8, 4) is 0 Å². The molecule has 1 saturated carbocycles. The van der Waals surface area contributed by atoms with Crippen LogP contribution in [0.1, 0.15) is 26.2 Å². The van der Waals surface area contributed by atoms with E-state index in [1.807, 2.05) is 18.7 Å². The van der Waals surface area contributed by atoms with Gasteiger partial charge in [-0.1, -0.05) is 0 Å². The highest BCUT2D eigenvalue weighted by Crippen LogP contribution is 2.29. The minimum atomic E-state index is -3.51. The standard InChI is InChI=1S/C13H21N3O2S2/c1-3-14-13-12(5-4-8-15-13)20(17,18)16-10-6-7-11(9-10)19-2/h4-5,8,10-11,16H,3,6-7,9H2,1-2H3,(H,14,15). The van der Waals surface area contributed by atoms with Gasteiger partial charge in [0.05, 0.1) is 0 Å². The molecule has 1 aliphatic carbocycles. The van der Waals surface area contributed by atoms with Gasteiger partial charge >= 0.3 is 0 Å². The lowest BCUT2D eigenvalue weighted by atomic mass is 10.3. The number of sulfonamides is 1. The second kappa shape index (κ2) is 6.78. The molecule has 0 aliphatic heterocycles. The molecule has 1 fully saturated rings. The second-order valence-electron chi connectivity index (χ2n) is 4.87. The molecule has 1 aromatic rings. The van der Waals surface area contributed by atoms with Crippen molar-refractivity contribution < 1.29 is 8.42 Å². The zero-order valence-electron chi connectivity index (χ0n) is 11.8. The number of aromatic nitrogens is 1. The highest BCUT2D eigenvalue weighted by molar-refractivity contribution is 7.99. The lowest BCUT2D eigenvalue weighted by Gasteiger charge is -2.15. The number of pyridine rings is 1. The molecule has 0 bridgehead atoms. The van der Waals surface area contributed by atoms with Crippen LogP contribution in [0.4, 0.5) is 5.82 Å². The maximum absolute atomic E-state index is 12.5. The minimum absolute atomic E-state index is 0.0344. The molecule has 1 aliphatic rings. The van der Waals surface area contributed by atoms with Crippen molar-refractivity contribution >= 4 is 27.6 Å². The predicted octanol–water partition coefficient (Wildman–Crippen LogP) is 2.08. The van der Waals surface area contributed by atoms with Crippen LogP contribution in [0.3, 0.4) is 0 Å². The number of thioether (sulfide) groups is 1. The zero-order chi connectivity index (χ0) is 14.6. The summed E-state index contributed by atoms with van der Waals surface area (Å²) in [6.45, 7) is 2.55. The molecule has 0 spiro atoms. The molecular formula is C13H21N3O2S2. The van der Waals surface area contributed by atoms with Gasteiger partial charge in [-0.2, -0.15) is 11.8 Å². The first-order valence-corrected chi connectivity index (χ1v) is 9.58.